The molecule has 1 fully saturated rings. The Bertz CT molecular complexity index is 559. The van der Waals surface area contributed by atoms with Gasteiger partial charge in [-0.25, -0.2) is 0 Å². The number of carbonyl (C=O) groups excluding carboxylic acids is 1. The van der Waals surface area contributed by atoms with Crippen molar-refractivity contribution in [1.29, 1.82) is 0 Å². The molecule has 25 heavy (non-hydrogen) atoms. The lowest BCUT2D eigenvalue weighted by molar-refractivity contribution is 0.0389. The van der Waals surface area contributed by atoms with Gasteiger partial charge in [0.15, 0.2) is 5.96 Å². The molecule has 0 aliphatic carbocycles. The van der Waals surface area contributed by atoms with Gasteiger partial charge >= 0.3 is 0 Å². The third kappa shape index (κ3) is 7.41. The van der Waals surface area contributed by atoms with E-state index in [1.807, 2.05) is 12.1 Å². The molecule has 0 bridgehead atoms. The summed E-state index contributed by atoms with van der Waals surface area (Å²) in [5.41, 5.74) is 0.649. The largest absolute Gasteiger partial charge is 0.379 e. The van der Waals surface area contributed by atoms with Gasteiger partial charge in [0.05, 0.1) is 13.2 Å². The Morgan fingerprint density at radius 1 is 1.12 bits per heavy atom. The van der Waals surface area contributed by atoms with Crippen LogP contribution in [0, 0.1) is 0 Å². The van der Waals surface area contributed by atoms with Gasteiger partial charge < -0.3 is 20.7 Å². The third-order valence-electron chi connectivity index (χ3n) is 3.86. The molecule has 0 atom stereocenters. The minimum Gasteiger partial charge on any atom is -0.379 e. The lowest BCUT2D eigenvalue weighted by Gasteiger charge is -2.26. The number of benzene rings is 1. The standard InChI is InChI=1S/C17H26BrN5O2/c1-19-17(22-8-9-23-10-12-25-13-11-23)21-7-6-20-16(24)14-2-4-15(18)5-3-14/h2-5H,6-13H2,1H3,(H,20,24)(H2,19,21,22). The second-order valence-electron chi connectivity index (χ2n) is 5.64. The fourth-order valence-corrected chi connectivity index (χ4v) is 2.70. The molecule has 8 heteroatoms. The molecule has 1 saturated heterocycles. The van der Waals surface area contributed by atoms with Crippen LogP contribution < -0.4 is 16.0 Å². The molecule has 0 radical (unpaired) electrons. The molecule has 3 N–H and O–H groups in total. The van der Waals surface area contributed by atoms with Gasteiger partial charge in [-0.3, -0.25) is 14.7 Å². The quantitative estimate of drug-likeness (QED) is 0.349. The molecule has 0 unspecified atom stereocenters. The van der Waals surface area contributed by atoms with Gasteiger partial charge in [0.25, 0.3) is 5.91 Å². The summed E-state index contributed by atoms with van der Waals surface area (Å²) >= 11 is 3.36. The van der Waals surface area contributed by atoms with Crippen molar-refractivity contribution in [2.75, 3.05) is 59.5 Å². The van der Waals surface area contributed by atoms with E-state index >= 15 is 0 Å². The van der Waals surface area contributed by atoms with Gasteiger partial charge in [0.1, 0.15) is 0 Å². The van der Waals surface area contributed by atoms with Gasteiger partial charge in [-0.05, 0) is 24.3 Å². The topological polar surface area (TPSA) is 78.0 Å². The van der Waals surface area contributed by atoms with E-state index in [0.717, 1.165) is 49.8 Å². The number of aliphatic imine (C=N–C) groups is 1. The molecule has 1 aromatic carbocycles. The van der Waals surface area contributed by atoms with Gasteiger partial charge in [-0.1, -0.05) is 15.9 Å². The Labute approximate surface area is 157 Å². The van der Waals surface area contributed by atoms with E-state index in [9.17, 15) is 4.79 Å². The predicted molar refractivity (Wildman–Crippen MR) is 103 cm³/mol. The molecular weight excluding hydrogens is 386 g/mol. The zero-order valence-corrected chi connectivity index (χ0v) is 16.1. The van der Waals surface area contributed by atoms with E-state index in [4.69, 9.17) is 4.74 Å². The summed E-state index contributed by atoms with van der Waals surface area (Å²) in [6.07, 6.45) is 0. The molecule has 0 saturated carbocycles. The van der Waals surface area contributed by atoms with Crippen LogP contribution in [-0.2, 0) is 4.74 Å². The van der Waals surface area contributed by atoms with Crippen molar-refractivity contribution in [1.82, 2.24) is 20.9 Å². The van der Waals surface area contributed by atoms with E-state index in [0.29, 0.717) is 18.7 Å². The summed E-state index contributed by atoms with van der Waals surface area (Å²) in [6.45, 7) is 6.51. The molecule has 1 amide bonds. The number of amides is 1. The highest BCUT2D eigenvalue weighted by molar-refractivity contribution is 9.10. The number of hydrogen-bond donors (Lipinski definition) is 3. The van der Waals surface area contributed by atoms with Crippen LogP contribution in [0.15, 0.2) is 33.7 Å². The van der Waals surface area contributed by atoms with Crippen LogP contribution in [-0.4, -0.2) is 76.3 Å². The van der Waals surface area contributed by atoms with E-state index in [1.165, 1.54) is 0 Å². The van der Waals surface area contributed by atoms with Crippen LogP contribution in [0.25, 0.3) is 0 Å². The summed E-state index contributed by atoms with van der Waals surface area (Å²) in [6, 6.07) is 7.29. The Morgan fingerprint density at radius 2 is 1.76 bits per heavy atom. The molecule has 0 aromatic heterocycles. The van der Waals surface area contributed by atoms with Crippen molar-refractivity contribution < 1.29 is 9.53 Å². The minimum absolute atomic E-state index is 0.0791. The van der Waals surface area contributed by atoms with Crippen molar-refractivity contribution >= 4 is 27.8 Å². The molecule has 2 rings (SSSR count). The highest BCUT2D eigenvalue weighted by atomic mass is 79.9. The summed E-state index contributed by atoms with van der Waals surface area (Å²) in [5, 5.41) is 9.36. The minimum atomic E-state index is -0.0791. The fraction of sp³-hybridized carbons (Fsp3) is 0.529. The lowest BCUT2D eigenvalue weighted by Crippen LogP contribution is -2.45. The van der Waals surface area contributed by atoms with Gasteiger partial charge in [-0.2, -0.15) is 0 Å². The average Bonchev–Trinajstić information content (AvgIpc) is 2.65. The average molecular weight is 412 g/mol. The monoisotopic (exact) mass is 411 g/mol. The number of ether oxygens (including phenoxy) is 1. The van der Waals surface area contributed by atoms with E-state index in [-0.39, 0.29) is 5.91 Å². The number of morpholine rings is 1. The third-order valence-corrected chi connectivity index (χ3v) is 4.39. The van der Waals surface area contributed by atoms with Crippen molar-refractivity contribution in [3.05, 3.63) is 34.3 Å². The number of carbonyl (C=O) groups is 1. The van der Waals surface area contributed by atoms with E-state index < -0.39 is 0 Å². The van der Waals surface area contributed by atoms with Crippen molar-refractivity contribution in [3.63, 3.8) is 0 Å². The Morgan fingerprint density at radius 3 is 2.44 bits per heavy atom. The summed E-state index contributed by atoms with van der Waals surface area (Å²) in [7, 11) is 1.74. The maximum absolute atomic E-state index is 12.0. The lowest BCUT2D eigenvalue weighted by atomic mass is 10.2. The van der Waals surface area contributed by atoms with Crippen molar-refractivity contribution in [2.24, 2.45) is 4.99 Å². The molecule has 1 heterocycles. The number of rotatable bonds is 7. The molecule has 1 aliphatic rings. The van der Waals surface area contributed by atoms with Crippen LogP contribution in [0.2, 0.25) is 0 Å². The van der Waals surface area contributed by atoms with Crippen LogP contribution in [0.5, 0.6) is 0 Å². The smallest absolute Gasteiger partial charge is 0.251 e. The van der Waals surface area contributed by atoms with Gasteiger partial charge in [-0.15, -0.1) is 0 Å². The zero-order chi connectivity index (χ0) is 17.9. The van der Waals surface area contributed by atoms with Crippen LogP contribution in [0.4, 0.5) is 0 Å². The van der Waals surface area contributed by atoms with Crippen molar-refractivity contribution in [3.8, 4) is 0 Å². The number of nitrogens with one attached hydrogen (secondary N) is 3. The van der Waals surface area contributed by atoms with Crippen molar-refractivity contribution in [2.45, 2.75) is 0 Å². The molecule has 0 spiro atoms. The first-order valence-electron chi connectivity index (χ1n) is 8.47. The summed E-state index contributed by atoms with van der Waals surface area (Å²) in [4.78, 5) is 18.6. The SMILES string of the molecule is CN=C(NCCNC(=O)c1ccc(Br)cc1)NCCN1CCOCC1. The van der Waals surface area contributed by atoms with Gasteiger partial charge in [0, 0.05) is 56.4 Å². The highest BCUT2D eigenvalue weighted by Gasteiger charge is 2.09. The number of nitrogens with zero attached hydrogens (tertiary/aromatic N) is 2. The second kappa shape index (κ2) is 11.1. The number of halogens is 1. The summed E-state index contributed by atoms with van der Waals surface area (Å²) in [5.74, 6) is 0.663. The second-order valence-corrected chi connectivity index (χ2v) is 6.56. The first kappa shape index (κ1) is 19.7. The predicted octanol–water partition coefficient (Wildman–Crippen LogP) is 0.676. The normalized spacial score (nSPS) is 15.7. The maximum Gasteiger partial charge on any atom is 0.251 e. The molecule has 138 valence electrons. The van der Waals surface area contributed by atoms with E-state index in [1.54, 1.807) is 19.2 Å². The molecule has 7 nitrogen and oxygen atoms in total. The molecular formula is C17H26BrN5O2. The Hall–Kier alpha value is -1.64. The Kier molecular flexibility index (Phi) is 8.71. The molecule has 1 aliphatic heterocycles. The number of hydrogen-bond acceptors (Lipinski definition) is 4. The fourth-order valence-electron chi connectivity index (χ4n) is 2.44. The molecule has 1 aromatic rings. The maximum atomic E-state index is 12.0. The van der Waals surface area contributed by atoms with Crippen LogP contribution >= 0.6 is 15.9 Å². The zero-order valence-electron chi connectivity index (χ0n) is 14.6. The highest BCUT2D eigenvalue weighted by Crippen LogP contribution is 2.10. The first-order valence-corrected chi connectivity index (χ1v) is 9.26. The van der Waals surface area contributed by atoms with Gasteiger partial charge in [0.2, 0.25) is 0 Å². The summed E-state index contributed by atoms with van der Waals surface area (Å²) < 4.78 is 6.29. The van der Waals surface area contributed by atoms with Crippen LogP contribution in [0.1, 0.15) is 10.4 Å². The number of guanidine groups is 1. The first-order chi connectivity index (χ1) is 12.2. The van der Waals surface area contributed by atoms with E-state index in [2.05, 4.69) is 41.8 Å². The van der Waals surface area contributed by atoms with Crippen LogP contribution in [0.3, 0.4) is 0 Å². The Balaban J connectivity index is 1.58.